The number of amides is 3. The summed E-state index contributed by atoms with van der Waals surface area (Å²) in [4.78, 5) is 36.1. The van der Waals surface area contributed by atoms with Crippen LogP contribution >= 0.6 is 0 Å². The average molecular weight is 252 g/mol. The lowest BCUT2D eigenvalue weighted by Gasteiger charge is -2.33. The monoisotopic (exact) mass is 252 g/mol. The van der Waals surface area contributed by atoms with Gasteiger partial charge in [0.2, 0.25) is 17.7 Å². The topological polar surface area (TPSA) is 110 Å². The van der Waals surface area contributed by atoms with E-state index in [4.69, 9.17) is 0 Å². The Labute approximate surface area is 102 Å². The molecule has 1 fully saturated rings. The van der Waals surface area contributed by atoms with Crippen LogP contribution in [0, 0.1) is 0 Å². The molecular formula is C9H12N6O3. The highest BCUT2D eigenvalue weighted by Gasteiger charge is 2.35. The number of aromatic nitrogens is 4. The Morgan fingerprint density at radius 1 is 1.56 bits per heavy atom. The van der Waals surface area contributed by atoms with Gasteiger partial charge in [-0.1, -0.05) is 6.92 Å². The summed E-state index contributed by atoms with van der Waals surface area (Å²) in [6.45, 7) is 1.56. The highest BCUT2D eigenvalue weighted by atomic mass is 16.2. The number of hydrogen-bond acceptors (Lipinski definition) is 6. The first-order valence-electron chi connectivity index (χ1n) is 5.45. The zero-order valence-corrected chi connectivity index (χ0v) is 9.74. The molecule has 9 heteroatoms. The average Bonchev–Trinajstić information content (AvgIpc) is 2.80. The zero-order valence-electron chi connectivity index (χ0n) is 9.74. The number of tetrazole rings is 1. The number of hydrogen-bond donors (Lipinski definition) is 1. The van der Waals surface area contributed by atoms with Crippen LogP contribution in [0.2, 0.25) is 0 Å². The van der Waals surface area contributed by atoms with Crippen molar-refractivity contribution in [3.05, 3.63) is 6.33 Å². The Bertz CT molecular complexity index is 471. The molecule has 1 saturated heterocycles. The molecule has 0 aromatic carbocycles. The van der Waals surface area contributed by atoms with Crippen LogP contribution in [0.15, 0.2) is 6.33 Å². The second-order valence-corrected chi connectivity index (χ2v) is 3.87. The van der Waals surface area contributed by atoms with Crippen molar-refractivity contribution < 1.29 is 14.4 Å². The number of rotatable bonds is 3. The van der Waals surface area contributed by atoms with Crippen molar-refractivity contribution in [3.8, 4) is 0 Å². The molecule has 1 unspecified atom stereocenters. The molecule has 96 valence electrons. The lowest BCUT2D eigenvalue weighted by atomic mass is 10.1. The first-order chi connectivity index (χ1) is 8.61. The van der Waals surface area contributed by atoms with Crippen molar-refractivity contribution in [1.29, 1.82) is 0 Å². The van der Waals surface area contributed by atoms with Gasteiger partial charge in [-0.2, -0.15) is 0 Å². The quantitative estimate of drug-likeness (QED) is 0.619. The third-order valence-corrected chi connectivity index (χ3v) is 2.65. The van der Waals surface area contributed by atoms with Crippen molar-refractivity contribution in [2.24, 2.45) is 0 Å². The number of carbonyl (C=O) groups excluding carboxylic acids is 3. The standard InChI is InChI=1S/C9H12N6O3/c1-2-6-9(18)11-7(16)3-15(6)8(17)4-14-5-10-12-13-14/h5-6H,2-4H2,1H3,(H,11,16,18). The summed E-state index contributed by atoms with van der Waals surface area (Å²) in [7, 11) is 0. The molecule has 2 rings (SSSR count). The van der Waals surface area contributed by atoms with Crippen molar-refractivity contribution in [2.75, 3.05) is 6.54 Å². The molecule has 1 aliphatic heterocycles. The summed E-state index contributed by atoms with van der Waals surface area (Å²) in [5.74, 6) is -1.29. The fraction of sp³-hybridized carbons (Fsp3) is 0.556. The number of imide groups is 1. The van der Waals surface area contributed by atoms with Crippen LogP contribution in [0.25, 0.3) is 0 Å². The minimum Gasteiger partial charge on any atom is -0.320 e. The second kappa shape index (κ2) is 4.90. The van der Waals surface area contributed by atoms with E-state index in [0.29, 0.717) is 6.42 Å². The smallest absolute Gasteiger partial charge is 0.249 e. The van der Waals surface area contributed by atoms with E-state index in [9.17, 15) is 14.4 Å². The van der Waals surface area contributed by atoms with Gasteiger partial charge in [0.1, 0.15) is 25.5 Å². The van der Waals surface area contributed by atoms with E-state index in [1.54, 1.807) is 6.92 Å². The Morgan fingerprint density at radius 3 is 2.94 bits per heavy atom. The minimum atomic E-state index is -0.619. The molecule has 1 N–H and O–H groups in total. The Hall–Kier alpha value is -2.32. The van der Waals surface area contributed by atoms with Gasteiger partial charge in [0.15, 0.2) is 0 Å². The maximum absolute atomic E-state index is 12.0. The summed E-state index contributed by atoms with van der Waals surface area (Å²) in [6, 6.07) is -0.619. The maximum atomic E-state index is 12.0. The molecule has 0 saturated carbocycles. The lowest BCUT2D eigenvalue weighted by Crippen LogP contribution is -2.60. The molecule has 1 aromatic rings. The third kappa shape index (κ3) is 2.34. The molecule has 1 aliphatic rings. The van der Waals surface area contributed by atoms with Crippen LogP contribution in [-0.4, -0.2) is 55.4 Å². The molecule has 0 spiro atoms. The lowest BCUT2D eigenvalue weighted by molar-refractivity contribution is -0.150. The van der Waals surface area contributed by atoms with Crippen LogP contribution in [0.5, 0.6) is 0 Å². The van der Waals surface area contributed by atoms with Crippen LogP contribution in [0.3, 0.4) is 0 Å². The molecule has 1 atom stereocenters. The SMILES string of the molecule is CCC1C(=O)NC(=O)CN1C(=O)Cn1cnnn1. The largest absolute Gasteiger partial charge is 0.320 e. The van der Waals surface area contributed by atoms with Gasteiger partial charge in [0.25, 0.3) is 0 Å². The fourth-order valence-corrected chi connectivity index (χ4v) is 1.82. The van der Waals surface area contributed by atoms with E-state index in [1.165, 1.54) is 15.9 Å². The molecule has 1 aromatic heterocycles. The number of piperazine rings is 1. The van der Waals surface area contributed by atoms with Crippen LogP contribution in [-0.2, 0) is 20.9 Å². The third-order valence-electron chi connectivity index (χ3n) is 2.65. The normalized spacial score (nSPS) is 19.8. The van der Waals surface area contributed by atoms with Gasteiger partial charge in [-0.3, -0.25) is 19.7 Å². The van der Waals surface area contributed by atoms with Crippen LogP contribution in [0.1, 0.15) is 13.3 Å². The van der Waals surface area contributed by atoms with E-state index < -0.39 is 17.9 Å². The molecule has 0 bridgehead atoms. The van der Waals surface area contributed by atoms with Crippen molar-refractivity contribution >= 4 is 17.7 Å². The number of nitrogens with zero attached hydrogens (tertiary/aromatic N) is 5. The Kier molecular flexibility index (Phi) is 3.31. The van der Waals surface area contributed by atoms with Gasteiger partial charge < -0.3 is 4.90 Å². The predicted octanol–water partition coefficient (Wildman–Crippen LogP) is -2.06. The van der Waals surface area contributed by atoms with Gasteiger partial charge in [-0.05, 0) is 16.8 Å². The molecule has 3 amide bonds. The fourth-order valence-electron chi connectivity index (χ4n) is 1.82. The van der Waals surface area contributed by atoms with E-state index >= 15 is 0 Å². The van der Waals surface area contributed by atoms with E-state index in [2.05, 4.69) is 20.8 Å². The van der Waals surface area contributed by atoms with Crippen molar-refractivity contribution in [1.82, 2.24) is 30.4 Å². The van der Waals surface area contributed by atoms with Crippen LogP contribution in [0.4, 0.5) is 0 Å². The molecule has 0 aliphatic carbocycles. The molecule has 18 heavy (non-hydrogen) atoms. The number of carbonyl (C=O) groups is 3. The van der Waals surface area contributed by atoms with E-state index in [-0.39, 0.29) is 19.0 Å². The van der Waals surface area contributed by atoms with Gasteiger partial charge in [-0.25, -0.2) is 4.68 Å². The molecule has 2 heterocycles. The molecular weight excluding hydrogens is 240 g/mol. The predicted molar refractivity (Wildman–Crippen MR) is 56.8 cm³/mol. The molecule has 9 nitrogen and oxygen atoms in total. The highest BCUT2D eigenvalue weighted by molar-refractivity contribution is 6.04. The van der Waals surface area contributed by atoms with Crippen LogP contribution < -0.4 is 5.32 Å². The van der Waals surface area contributed by atoms with Gasteiger partial charge >= 0.3 is 0 Å². The van der Waals surface area contributed by atoms with Gasteiger partial charge in [0, 0.05) is 0 Å². The maximum Gasteiger partial charge on any atom is 0.249 e. The first kappa shape index (κ1) is 12.1. The summed E-state index contributed by atoms with van der Waals surface area (Å²) < 4.78 is 1.24. The van der Waals surface area contributed by atoms with Crippen molar-refractivity contribution in [3.63, 3.8) is 0 Å². The first-order valence-corrected chi connectivity index (χ1v) is 5.45. The Morgan fingerprint density at radius 2 is 2.33 bits per heavy atom. The highest BCUT2D eigenvalue weighted by Crippen LogP contribution is 2.09. The summed E-state index contributed by atoms with van der Waals surface area (Å²) in [5.41, 5.74) is 0. The Balaban J connectivity index is 2.11. The summed E-state index contributed by atoms with van der Waals surface area (Å²) in [5, 5.41) is 12.6. The van der Waals surface area contributed by atoms with Crippen molar-refractivity contribution in [2.45, 2.75) is 25.9 Å². The zero-order chi connectivity index (χ0) is 13.1. The minimum absolute atomic E-state index is 0.0932. The van der Waals surface area contributed by atoms with Gasteiger partial charge in [-0.15, -0.1) is 5.10 Å². The second-order valence-electron chi connectivity index (χ2n) is 3.87. The number of nitrogens with one attached hydrogen (secondary N) is 1. The van der Waals surface area contributed by atoms with E-state index in [0.717, 1.165) is 0 Å². The summed E-state index contributed by atoms with van der Waals surface area (Å²) in [6.07, 6.45) is 1.74. The van der Waals surface area contributed by atoms with Gasteiger partial charge in [0.05, 0.1) is 0 Å². The molecule has 0 radical (unpaired) electrons. The summed E-state index contributed by atoms with van der Waals surface area (Å²) >= 11 is 0. The van der Waals surface area contributed by atoms with E-state index in [1.807, 2.05) is 0 Å².